The van der Waals surface area contributed by atoms with Gasteiger partial charge in [0.15, 0.2) is 0 Å². The molecule has 1 aliphatic heterocycles. The normalized spacial score (nSPS) is 16.2. The summed E-state index contributed by atoms with van der Waals surface area (Å²) in [4.78, 5) is 39.1. The van der Waals surface area contributed by atoms with Crippen LogP contribution in [0.25, 0.3) is 21.9 Å². The number of alkyl carbamates (subject to hydrolysis) is 1. The highest BCUT2D eigenvalue weighted by atomic mass is 16.5. The molecular formula is C34H32N2O6. The molecule has 0 unspecified atom stereocenters. The smallest absolute Gasteiger partial charge is 0.407 e. The molecule has 1 atom stereocenters. The van der Waals surface area contributed by atoms with Crippen molar-refractivity contribution in [1.82, 2.24) is 10.6 Å². The summed E-state index contributed by atoms with van der Waals surface area (Å²) in [6, 6.07) is 28.8. The number of nitrogens with one attached hydrogen (secondary N) is 2. The van der Waals surface area contributed by atoms with E-state index in [-0.39, 0.29) is 45.0 Å². The first kappa shape index (κ1) is 27.5. The number of fused-ring (bicyclic) bond motifs is 4. The van der Waals surface area contributed by atoms with Crippen LogP contribution in [-0.2, 0) is 25.5 Å². The van der Waals surface area contributed by atoms with E-state index in [2.05, 4.69) is 22.8 Å². The standard InChI is InChI=1S/C34H32N2O6/c37-31(36-34(32(38)39)15-17-41-18-16-34)30(20-22-13-14-23-7-1-2-8-24(23)19-22)35-33(40)42-21-29-27-11-5-3-9-25(27)26-10-4-6-12-28(26)29/h1-14,19,29-30H,15-18,20-21H2,(H,35,40)(H,36,37)(H,38,39)/t30-/m1/s1. The van der Waals surface area contributed by atoms with Gasteiger partial charge in [0.2, 0.25) is 5.91 Å². The number of hydrogen-bond donors (Lipinski definition) is 3. The Morgan fingerprint density at radius 2 is 1.48 bits per heavy atom. The van der Waals surface area contributed by atoms with Gasteiger partial charge in [-0.15, -0.1) is 0 Å². The lowest BCUT2D eigenvalue weighted by atomic mass is 9.89. The van der Waals surface area contributed by atoms with Crippen molar-refractivity contribution in [2.75, 3.05) is 19.8 Å². The molecule has 0 spiro atoms. The summed E-state index contributed by atoms with van der Waals surface area (Å²) in [5.41, 5.74) is 3.76. The summed E-state index contributed by atoms with van der Waals surface area (Å²) in [5.74, 6) is -1.83. The number of ether oxygens (including phenoxy) is 2. The fraction of sp³-hybridized carbons (Fsp3) is 0.265. The summed E-state index contributed by atoms with van der Waals surface area (Å²) < 4.78 is 11.1. The van der Waals surface area contributed by atoms with Crippen LogP contribution in [0.1, 0.15) is 35.4 Å². The average Bonchev–Trinajstić information content (AvgIpc) is 3.33. The van der Waals surface area contributed by atoms with E-state index in [1.165, 1.54) is 0 Å². The van der Waals surface area contributed by atoms with Crippen molar-refractivity contribution in [2.45, 2.75) is 36.8 Å². The van der Waals surface area contributed by atoms with Crippen LogP contribution in [-0.4, -0.2) is 54.5 Å². The highest BCUT2D eigenvalue weighted by Crippen LogP contribution is 2.44. The largest absolute Gasteiger partial charge is 0.480 e. The second-order valence-electron chi connectivity index (χ2n) is 10.9. The second-order valence-corrected chi connectivity index (χ2v) is 10.9. The molecule has 6 rings (SSSR count). The lowest BCUT2D eigenvalue weighted by Crippen LogP contribution is -2.61. The van der Waals surface area contributed by atoms with E-state index in [1.54, 1.807) is 0 Å². The van der Waals surface area contributed by atoms with Crippen molar-refractivity contribution in [3.8, 4) is 11.1 Å². The highest BCUT2D eigenvalue weighted by molar-refractivity contribution is 5.92. The van der Waals surface area contributed by atoms with E-state index in [0.29, 0.717) is 0 Å². The van der Waals surface area contributed by atoms with Crippen molar-refractivity contribution < 1.29 is 29.0 Å². The fourth-order valence-electron chi connectivity index (χ4n) is 6.03. The molecule has 0 bridgehead atoms. The van der Waals surface area contributed by atoms with Gasteiger partial charge in [-0.25, -0.2) is 9.59 Å². The number of rotatable bonds is 8. The Bertz CT molecular complexity index is 1600. The number of carbonyl (C=O) groups excluding carboxylic acids is 2. The minimum Gasteiger partial charge on any atom is -0.480 e. The van der Waals surface area contributed by atoms with E-state index in [1.807, 2.05) is 78.9 Å². The van der Waals surface area contributed by atoms with Crippen LogP contribution in [0.4, 0.5) is 4.79 Å². The number of amides is 2. The molecule has 1 saturated heterocycles. The molecule has 2 amide bonds. The Kier molecular flexibility index (Phi) is 7.63. The monoisotopic (exact) mass is 564 g/mol. The van der Waals surface area contributed by atoms with E-state index in [4.69, 9.17) is 9.47 Å². The molecular weight excluding hydrogens is 532 g/mol. The number of carbonyl (C=O) groups is 3. The van der Waals surface area contributed by atoms with E-state index >= 15 is 0 Å². The van der Waals surface area contributed by atoms with Gasteiger partial charge in [-0.05, 0) is 38.6 Å². The van der Waals surface area contributed by atoms with Crippen molar-refractivity contribution in [2.24, 2.45) is 0 Å². The number of benzene rings is 4. The molecule has 0 radical (unpaired) electrons. The quantitative estimate of drug-likeness (QED) is 0.276. The Hall–Kier alpha value is -4.69. The zero-order valence-corrected chi connectivity index (χ0v) is 23.0. The summed E-state index contributed by atoms with van der Waals surface area (Å²) in [6.45, 7) is 0.546. The fourth-order valence-corrected chi connectivity index (χ4v) is 6.03. The van der Waals surface area contributed by atoms with Crippen molar-refractivity contribution >= 4 is 28.7 Å². The maximum atomic E-state index is 13.6. The molecule has 0 aromatic heterocycles. The van der Waals surface area contributed by atoms with Gasteiger partial charge in [-0.1, -0.05) is 91.0 Å². The zero-order valence-electron chi connectivity index (χ0n) is 23.0. The van der Waals surface area contributed by atoms with Gasteiger partial charge in [0.1, 0.15) is 18.2 Å². The van der Waals surface area contributed by atoms with Gasteiger partial charge in [-0.3, -0.25) is 4.79 Å². The summed E-state index contributed by atoms with van der Waals surface area (Å²) in [7, 11) is 0. The molecule has 1 aliphatic carbocycles. The van der Waals surface area contributed by atoms with Crippen LogP contribution in [0.3, 0.4) is 0 Å². The lowest BCUT2D eigenvalue weighted by Gasteiger charge is -2.35. The predicted octanol–water partition coefficient (Wildman–Crippen LogP) is 5.04. The van der Waals surface area contributed by atoms with Gasteiger partial charge < -0.3 is 25.2 Å². The molecule has 8 heteroatoms. The Morgan fingerprint density at radius 1 is 0.857 bits per heavy atom. The zero-order chi connectivity index (χ0) is 29.1. The van der Waals surface area contributed by atoms with Crippen molar-refractivity contribution in [1.29, 1.82) is 0 Å². The first-order chi connectivity index (χ1) is 20.4. The highest BCUT2D eigenvalue weighted by Gasteiger charge is 2.43. The Labute approximate surface area is 243 Å². The van der Waals surface area contributed by atoms with Gasteiger partial charge in [0, 0.05) is 38.4 Å². The number of hydrogen-bond acceptors (Lipinski definition) is 5. The molecule has 3 N–H and O–H groups in total. The van der Waals surface area contributed by atoms with E-state index < -0.39 is 29.6 Å². The van der Waals surface area contributed by atoms with Crippen molar-refractivity contribution in [3.63, 3.8) is 0 Å². The molecule has 1 heterocycles. The third kappa shape index (κ3) is 5.45. The molecule has 42 heavy (non-hydrogen) atoms. The lowest BCUT2D eigenvalue weighted by molar-refractivity contribution is -0.152. The van der Waals surface area contributed by atoms with E-state index in [0.717, 1.165) is 38.6 Å². The minimum atomic E-state index is -1.46. The SMILES string of the molecule is O=C(N[C@H](Cc1ccc2ccccc2c1)C(=O)NC1(C(=O)O)CCOCC1)OCC1c2ccccc2-c2ccccc21. The van der Waals surface area contributed by atoms with Crippen LogP contribution in [0.15, 0.2) is 91.0 Å². The maximum Gasteiger partial charge on any atom is 0.407 e. The number of aliphatic carboxylic acids is 1. The van der Waals surface area contributed by atoms with Gasteiger partial charge in [0.05, 0.1) is 0 Å². The summed E-state index contributed by atoms with van der Waals surface area (Å²) in [5, 5.41) is 17.5. The molecule has 0 saturated carbocycles. The van der Waals surface area contributed by atoms with Crippen LogP contribution in [0.5, 0.6) is 0 Å². The minimum absolute atomic E-state index is 0.0978. The number of carboxylic acid groups (broad SMARTS) is 1. The van der Waals surface area contributed by atoms with Gasteiger partial charge in [0.25, 0.3) is 0 Å². The predicted molar refractivity (Wildman–Crippen MR) is 158 cm³/mol. The Balaban J connectivity index is 1.21. The van der Waals surface area contributed by atoms with E-state index in [9.17, 15) is 19.5 Å². The van der Waals surface area contributed by atoms with Crippen LogP contribution >= 0.6 is 0 Å². The molecule has 4 aromatic carbocycles. The molecule has 214 valence electrons. The average molecular weight is 565 g/mol. The van der Waals surface area contributed by atoms with Crippen LogP contribution in [0.2, 0.25) is 0 Å². The first-order valence-corrected chi connectivity index (χ1v) is 14.2. The van der Waals surface area contributed by atoms with Gasteiger partial charge >= 0.3 is 12.1 Å². The molecule has 4 aromatic rings. The molecule has 1 fully saturated rings. The summed E-state index contributed by atoms with van der Waals surface area (Å²) in [6.07, 6.45) is -0.301. The van der Waals surface area contributed by atoms with Crippen molar-refractivity contribution in [3.05, 3.63) is 108 Å². The second kappa shape index (κ2) is 11.7. The van der Waals surface area contributed by atoms with Crippen LogP contribution < -0.4 is 10.6 Å². The van der Waals surface area contributed by atoms with Gasteiger partial charge in [-0.2, -0.15) is 0 Å². The third-order valence-corrected chi connectivity index (χ3v) is 8.32. The molecule has 2 aliphatic rings. The maximum absolute atomic E-state index is 13.6. The van der Waals surface area contributed by atoms with Crippen LogP contribution in [0, 0.1) is 0 Å². The number of carboxylic acids is 1. The third-order valence-electron chi connectivity index (χ3n) is 8.32. The topological polar surface area (TPSA) is 114 Å². The Morgan fingerprint density at radius 3 is 2.14 bits per heavy atom. The molecule has 8 nitrogen and oxygen atoms in total. The summed E-state index contributed by atoms with van der Waals surface area (Å²) >= 11 is 0. The first-order valence-electron chi connectivity index (χ1n) is 14.2.